The summed E-state index contributed by atoms with van der Waals surface area (Å²) in [4.78, 5) is 2.41. The Kier molecular flexibility index (Phi) is 2.92. The van der Waals surface area contributed by atoms with Crippen molar-refractivity contribution in [2.45, 2.75) is 38.7 Å². The number of hydrogen-bond donors (Lipinski definition) is 1. The maximum Gasteiger partial charge on any atom is 0.0574 e. The molecule has 1 aliphatic heterocycles. The summed E-state index contributed by atoms with van der Waals surface area (Å²) < 4.78 is 0. The average Bonchev–Trinajstić information content (AvgIpc) is 2.20. The maximum atomic E-state index is 9.43. The summed E-state index contributed by atoms with van der Waals surface area (Å²) in [6.45, 7) is 4.21. The lowest BCUT2D eigenvalue weighted by Gasteiger charge is -2.34. The monoisotopic (exact) mass is 193 g/mol. The van der Waals surface area contributed by atoms with E-state index in [0.29, 0.717) is 0 Å². The molecule has 2 nitrogen and oxygen atoms in total. The molecule has 0 spiro atoms. The van der Waals surface area contributed by atoms with Gasteiger partial charge in [0.2, 0.25) is 0 Å². The van der Waals surface area contributed by atoms with Crippen molar-refractivity contribution in [2.75, 3.05) is 13.1 Å². The topological polar surface area (TPSA) is 23.5 Å². The molecule has 0 radical (unpaired) electrons. The molecular weight excluding hydrogens is 174 g/mol. The number of piperidine rings is 1. The van der Waals surface area contributed by atoms with Crippen LogP contribution in [0.25, 0.3) is 0 Å². The van der Waals surface area contributed by atoms with Crippen molar-refractivity contribution >= 4 is 0 Å². The Morgan fingerprint density at radius 3 is 2.50 bits per heavy atom. The van der Waals surface area contributed by atoms with E-state index in [1.807, 2.05) is 0 Å². The van der Waals surface area contributed by atoms with Gasteiger partial charge in [0.05, 0.1) is 6.10 Å². The summed E-state index contributed by atoms with van der Waals surface area (Å²) in [7, 11) is 0. The van der Waals surface area contributed by atoms with Gasteiger partial charge >= 0.3 is 0 Å². The van der Waals surface area contributed by atoms with E-state index in [2.05, 4.69) is 24.0 Å². The summed E-state index contributed by atoms with van der Waals surface area (Å²) in [5, 5.41) is 9.43. The number of nitrogens with zero attached hydrogens (tertiary/aromatic N) is 1. The lowest BCUT2D eigenvalue weighted by Crippen LogP contribution is -2.35. The first kappa shape index (κ1) is 9.78. The van der Waals surface area contributed by atoms with E-state index in [1.54, 1.807) is 0 Å². The third-order valence-electron chi connectivity index (χ3n) is 3.16. The normalized spacial score (nSPS) is 24.6. The van der Waals surface area contributed by atoms with E-state index < -0.39 is 0 Å². The molecule has 0 aromatic carbocycles. The van der Waals surface area contributed by atoms with Gasteiger partial charge in [-0.2, -0.15) is 0 Å². The van der Waals surface area contributed by atoms with Crippen LogP contribution in [-0.2, 0) is 0 Å². The first-order valence-electron chi connectivity index (χ1n) is 5.57. The number of rotatable bonds is 1. The highest BCUT2D eigenvalue weighted by atomic mass is 16.3. The van der Waals surface area contributed by atoms with Gasteiger partial charge in [-0.15, -0.1) is 0 Å². The van der Waals surface area contributed by atoms with Gasteiger partial charge in [0, 0.05) is 18.8 Å². The van der Waals surface area contributed by atoms with Crippen LogP contribution >= 0.6 is 0 Å². The fourth-order valence-electron chi connectivity index (χ4n) is 2.27. The minimum absolute atomic E-state index is 0.0697. The Morgan fingerprint density at radius 2 is 1.86 bits per heavy atom. The van der Waals surface area contributed by atoms with Crippen LogP contribution < -0.4 is 0 Å². The quantitative estimate of drug-likeness (QED) is 0.689. The van der Waals surface area contributed by atoms with Gasteiger partial charge in [-0.1, -0.05) is 12.2 Å². The summed E-state index contributed by atoms with van der Waals surface area (Å²) in [5.74, 6) is 0. The van der Waals surface area contributed by atoms with E-state index in [1.165, 1.54) is 24.1 Å². The third-order valence-corrected chi connectivity index (χ3v) is 3.16. The molecule has 14 heavy (non-hydrogen) atoms. The third kappa shape index (κ3) is 2.01. The van der Waals surface area contributed by atoms with Gasteiger partial charge in [0.15, 0.2) is 0 Å². The molecule has 1 N–H and O–H groups in total. The molecule has 2 aliphatic rings. The Bertz CT molecular complexity index is 259. The van der Waals surface area contributed by atoms with Crippen molar-refractivity contribution in [3.63, 3.8) is 0 Å². The van der Waals surface area contributed by atoms with Crippen molar-refractivity contribution < 1.29 is 5.11 Å². The number of hydrogen-bond acceptors (Lipinski definition) is 2. The second-order valence-electron chi connectivity index (χ2n) is 4.27. The zero-order chi connectivity index (χ0) is 9.97. The van der Waals surface area contributed by atoms with Gasteiger partial charge in [-0.25, -0.2) is 0 Å². The highest BCUT2D eigenvalue weighted by Crippen LogP contribution is 2.24. The molecule has 1 heterocycles. The van der Waals surface area contributed by atoms with Gasteiger partial charge in [-0.3, -0.25) is 0 Å². The van der Waals surface area contributed by atoms with Crippen LogP contribution in [0.1, 0.15) is 32.6 Å². The molecule has 2 heteroatoms. The fourth-order valence-corrected chi connectivity index (χ4v) is 2.27. The Balaban J connectivity index is 2.01. The molecule has 1 aliphatic carbocycles. The van der Waals surface area contributed by atoms with Crippen LogP contribution in [0.2, 0.25) is 0 Å². The van der Waals surface area contributed by atoms with E-state index in [-0.39, 0.29) is 6.10 Å². The molecule has 1 fully saturated rings. The van der Waals surface area contributed by atoms with Gasteiger partial charge in [0.25, 0.3) is 0 Å². The summed E-state index contributed by atoms with van der Waals surface area (Å²) in [5.41, 5.74) is 2.82. The molecule has 0 aromatic heterocycles. The number of allylic oxidation sites excluding steroid dienone is 3. The summed E-state index contributed by atoms with van der Waals surface area (Å²) in [6.07, 6.45) is 8.79. The first-order valence-corrected chi connectivity index (χ1v) is 5.57. The summed E-state index contributed by atoms with van der Waals surface area (Å²) >= 11 is 0. The highest BCUT2D eigenvalue weighted by molar-refractivity contribution is 5.31. The SMILES string of the molecule is CC1=CCCC=C1N1CCC(O)CC1. The average molecular weight is 193 g/mol. The van der Waals surface area contributed by atoms with Crippen LogP contribution in [0.5, 0.6) is 0 Å². The molecule has 0 saturated carbocycles. The predicted octanol–water partition coefficient (Wildman–Crippen LogP) is 2.07. The smallest absolute Gasteiger partial charge is 0.0574 e. The minimum Gasteiger partial charge on any atom is -0.393 e. The molecule has 2 rings (SSSR count). The van der Waals surface area contributed by atoms with Gasteiger partial charge < -0.3 is 10.0 Å². The Morgan fingerprint density at radius 1 is 1.21 bits per heavy atom. The first-order chi connectivity index (χ1) is 6.77. The summed E-state index contributed by atoms with van der Waals surface area (Å²) in [6, 6.07) is 0. The molecule has 0 unspecified atom stereocenters. The molecule has 0 bridgehead atoms. The zero-order valence-electron chi connectivity index (χ0n) is 8.87. The van der Waals surface area contributed by atoms with E-state index in [4.69, 9.17) is 0 Å². The molecule has 1 saturated heterocycles. The Hall–Kier alpha value is -0.760. The lowest BCUT2D eigenvalue weighted by atomic mass is 10.0. The fraction of sp³-hybridized carbons (Fsp3) is 0.667. The molecule has 0 amide bonds. The number of aliphatic hydroxyl groups is 1. The standard InChI is InChI=1S/C12H19NO/c1-10-4-2-3-5-12(10)13-8-6-11(14)7-9-13/h4-5,11,14H,2-3,6-9H2,1H3. The second-order valence-corrected chi connectivity index (χ2v) is 4.27. The van der Waals surface area contributed by atoms with Crippen molar-refractivity contribution in [1.82, 2.24) is 4.90 Å². The lowest BCUT2D eigenvalue weighted by molar-refractivity contribution is 0.0977. The van der Waals surface area contributed by atoms with Crippen LogP contribution in [0.4, 0.5) is 0 Å². The van der Waals surface area contributed by atoms with Crippen molar-refractivity contribution in [3.8, 4) is 0 Å². The van der Waals surface area contributed by atoms with Crippen LogP contribution in [0.15, 0.2) is 23.4 Å². The highest BCUT2D eigenvalue weighted by Gasteiger charge is 2.20. The van der Waals surface area contributed by atoms with Crippen molar-refractivity contribution in [3.05, 3.63) is 23.4 Å². The van der Waals surface area contributed by atoms with Crippen LogP contribution in [-0.4, -0.2) is 29.2 Å². The van der Waals surface area contributed by atoms with Crippen molar-refractivity contribution in [1.29, 1.82) is 0 Å². The maximum absolute atomic E-state index is 9.43. The minimum atomic E-state index is -0.0697. The largest absolute Gasteiger partial charge is 0.393 e. The number of likely N-dealkylation sites (tertiary alicyclic amines) is 1. The van der Waals surface area contributed by atoms with E-state index >= 15 is 0 Å². The molecular formula is C12H19NO. The molecule has 78 valence electrons. The van der Waals surface area contributed by atoms with Crippen LogP contribution in [0, 0.1) is 0 Å². The number of aliphatic hydroxyl groups excluding tert-OH is 1. The zero-order valence-corrected chi connectivity index (χ0v) is 8.87. The second kappa shape index (κ2) is 4.18. The van der Waals surface area contributed by atoms with Crippen LogP contribution in [0.3, 0.4) is 0 Å². The van der Waals surface area contributed by atoms with E-state index in [0.717, 1.165) is 25.9 Å². The molecule has 0 aromatic rings. The Labute approximate surface area is 85.9 Å². The van der Waals surface area contributed by atoms with Gasteiger partial charge in [-0.05, 0) is 38.2 Å². The van der Waals surface area contributed by atoms with Crippen molar-refractivity contribution in [2.24, 2.45) is 0 Å². The molecule has 0 atom stereocenters. The van der Waals surface area contributed by atoms with E-state index in [9.17, 15) is 5.11 Å². The van der Waals surface area contributed by atoms with Gasteiger partial charge in [0.1, 0.15) is 0 Å². The predicted molar refractivity (Wildman–Crippen MR) is 57.9 cm³/mol.